The van der Waals surface area contributed by atoms with Gasteiger partial charge in [0.25, 0.3) is 11.1 Å². The standard InChI is InChI=1S/C8H4BrNO2S2/c9-4-1-5(13-3-4)2-6-7(11)10-8(12)14-6/h1-3H,(H,10,11,12)/b6-2+. The minimum Gasteiger partial charge on any atom is -0.282 e. The minimum absolute atomic E-state index is 0.308. The molecule has 0 aromatic carbocycles. The summed E-state index contributed by atoms with van der Waals surface area (Å²) >= 11 is 5.76. The van der Waals surface area contributed by atoms with E-state index in [1.165, 1.54) is 11.3 Å². The van der Waals surface area contributed by atoms with Crippen molar-refractivity contribution in [2.24, 2.45) is 0 Å². The number of thiophene rings is 1. The topological polar surface area (TPSA) is 46.2 Å². The van der Waals surface area contributed by atoms with E-state index in [1.54, 1.807) is 6.08 Å². The summed E-state index contributed by atoms with van der Waals surface area (Å²) in [5.74, 6) is -0.315. The van der Waals surface area contributed by atoms with Crippen LogP contribution in [0.4, 0.5) is 4.79 Å². The van der Waals surface area contributed by atoms with Crippen molar-refractivity contribution in [3.63, 3.8) is 0 Å². The van der Waals surface area contributed by atoms with E-state index in [4.69, 9.17) is 0 Å². The van der Waals surface area contributed by atoms with Gasteiger partial charge in [0.05, 0.1) is 4.91 Å². The lowest BCUT2D eigenvalue weighted by Crippen LogP contribution is -2.17. The highest BCUT2D eigenvalue weighted by Gasteiger charge is 2.24. The SMILES string of the molecule is O=C1NC(=O)/C(=C\c2cc(Br)cs2)S1. The zero-order valence-electron chi connectivity index (χ0n) is 6.74. The van der Waals surface area contributed by atoms with Crippen LogP contribution in [0.2, 0.25) is 0 Å². The van der Waals surface area contributed by atoms with Crippen LogP contribution < -0.4 is 5.32 Å². The minimum atomic E-state index is -0.315. The number of hydrogen-bond acceptors (Lipinski definition) is 4. The number of halogens is 1. The molecule has 2 rings (SSSR count). The molecule has 1 aliphatic rings. The average molecular weight is 290 g/mol. The van der Waals surface area contributed by atoms with Gasteiger partial charge in [-0.3, -0.25) is 14.9 Å². The Kier molecular flexibility index (Phi) is 2.76. The molecule has 1 saturated heterocycles. The van der Waals surface area contributed by atoms with Gasteiger partial charge in [-0.15, -0.1) is 11.3 Å². The number of hydrogen-bond donors (Lipinski definition) is 1. The maximum atomic E-state index is 11.2. The van der Waals surface area contributed by atoms with Crippen molar-refractivity contribution >= 4 is 56.3 Å². The van der Waals surface area contributed by atoms with Gasteiger partial charge in [0.15, 0.2) is 0 Å². The monoisotopic (exact) mass is 289 g/mol. The highest BCUT2D eigenvalue weighted by atomic mass is 79.9. The molecule has 1 fully saturated rings. The molecule has 14 heavy (non-hydrogen) atoms. The van der Waals surface area contributed by atoms with Gasteiger partial charge in [-0.25, -0.2) is 0 Å². The molecule has 6 heteroatoms. The maximum absolute atomic E-state index is 11.2. The molecular formula is C8H4BrNO2S2. The Balaban J connectivity index is 2.27. The Bertz CT molecular complexity index is 438. The molecule has 1 N–H and O–H groups in total. The third-order valence-corrected chi connectivity index (χ3v) is 3.95. The van der Waals surface area contributed by atoms with Crippen LogP contribution in [0.3, 0.4) is 0 Å². The Labute approximate surface area is 96.7 Å². The predicted octanol–water partition coefficient (Wildman–Crippen LogP) is 2.83. The number of carbonyl (C=O) groups is 2. The first-order valence-electron chi connectivity index (χ1n) is 3.64. The van der Waals surface area contributed by atoms with Crippen molar-refractivity contribution in [3.8, 4) is 0 Å². The van der Waals surface area contributed by atoms with Gasteiger partial charge in [-0.2, -0.15) is 0 Å². The van der Waals surface area contributed by atoms with Crippen LogP contribution in [-0.2, 0) is 4.79 Å². The third kappa shape index (κ3) is 2.08. The second kappa shape index (κ2) is 3.88. The summed E-state index contributed by atoms with van der Waals surface area (Å²) in [6.07, 6.45) is 1.71. The van der Waals surface area contributed by atoms with Crippen LogP contribution in [0.25, 0.3) is 6.08 Å². The number of imide groups is 1. The van der Waals surface area contributed by atoms with Crippen LogP contribution >= 0.6 is 39.0 Å². The van der Waals surface area contributed by atoms with E-state index in [9.17, 15) is 9.59 Å². The molecule has 0 bridgehead atoms. The molecule has 2 heterocycles. The van der Waals surface area contributed by atoms with E-state index in [1.807, 2.05) is 11.4 Å². The number of carbonyl (C=O) groups excluding carboxylic acids is 2. The number of amides is 2. The van der Waals surface area contributed by atoms with Crippen molar-refractivity contribution in [1.82, 2.24) is 5.32 Å². The molecule has 72 valence electrons. The Hall–Kier alpha value is -0.590. The van der Waals surface area contributed by atoms with Crippen LogP contribution in [0.15, 0.2) is 20.8 Å². The fourth-order valence-corrected chi connectivity index (χ4v) is 3.08. The van der Waals surface area contributed by atoms with Crippen molar-refractivity contribution in [1.29, 1.82) is 0 Å². The highest BCUT2D eigenvalue weighted by molar-refractivity contribution is 9.10. The Morgan fingerprint density at radius 3 is 2.71 bits per heavy atom. The van der Waals surface area contributed by atoms with Crippen LogP contribution in [0.1, 0.15) is 4.88 Å². The molecular weight excluding hydrogens is 286 g/mol. The van der Waals surface area contributed by atoms with Crippen molar-refractivity contribution in [2.75, 3.05) is 0 Å². The molecule has 0 spiro atoms. The first-order valence-corrected chi connectivity index (χ1v) is 6.13. The van der Waals surface area contributed by atoms with Gasteiger partial charge in [-0.1, -0.05) is 0 Å². The van der Waals surface area contributed by atoms with E-state index in [-0.39, 0.29) is 11.1 Å². The lowest BCUT2D eigenvalue weighted by atomic mass is 10.4. The zero-order chi connectivity index (χ0) is 10.1. The predicted molar refractivity (Wildman–Crippen MR) is 61.1 cm³/mol. The summed E-state index contributed by atoms with van der Waals surface area (Å²) in [5.41, 5.74) is 0. The van der Waals surface area contributed by atoms with Gasteiger partial charge < -0.3 is 0 Å². The van der Waals surface area contributed by atoms with Crippen LogP contribution in [0, 0.1) is 0 Å². The Morgan fingerprint density at radius 2 is 2.21 bits per heavy atom. The molecule has 1 aromatic rings. The fraction of sp³-hybridized carbons (Fsp3) is 0. The van der Waals surface area contributed by atoms with Crippen molar-refractivity contribution in [2.45, 2.75) is 0 Å². The molecule has 0 saturated carbocycles. The third-order valence-electron chi connectivity index (χ3n) is 1.50. The molecule has 0 radical (unpaired) electrons. The van der Waals surface area contributed by atoms with E-state index in [0.717, 1.165) is 21.1 Å². The number of thioether (sulfide) groups is 1. The maximum Gasteiger partial charge on any atom is 0.290 e. The summed E-state index contributed by atoms with van der Waals surface area (Å²) in [6.45, 7) is 0. The van der Waals surface area contributed by atoms with Crippen LogP contribution in [0.5, 0.6) is 0 Å². The summed E-state index contributed by atoms with van der Waals surface area (Å²) < 4.78 is 0.976. The fourth-order valence-electron chi connectivity index (χ4n) is 0.954. The molecule has 3 nitrogen and oxygen atoms in total. The first-order chi connectivity index (χ1) is 6.65. The van der Waals surface area contributed by atoms with E-state index in [2.05, 4.69) is 21.2 Å². The molecule has 0 atom stereocenters. The number of nitrogens with one attached hydrogen (secondary N) is 1. The van der Waals surface area contributed by atoms with E-state index in [0.29, 0.717) is 4.91 Å². The molecule has 1 aromatic heterocycles. The van der Waals surface area contributed by atoms with Gasteiger partial charge in [0.2, 0.25) is 0 Å². The highest BCUT2D eigenvalue weighted by Crippen LogP contribution is 2.28. The van der Waals surface area contributed by atoms with E-state index >= 15 is 0 Å². The van der Waals surface area contributed by atoms with Gasteiger partial charge in [-0.05, 0) is 39.8 Å². The normalized spacial score (nSPS) is 19.1. The Morgan fingerprint density at radius 1 is 1.43 bits per heavy atom. The lowest BCUT2D eigenvalue weighted by molar-refractivity contribution is -0.115. The molecule has 1 aliphatic heterocycles. The lowest BCUT2D eigenvalue weighted by Gasteiger charge is -1.87. The molecule has 0 aliphatic carbocycles. The molecule has 2 amide bonds. The van der Waals surface area contributed by atoms with Crippen molar-refractivity contribution < 1.29 is 9.59 Å². The second-order valence-electron chi connectivity index (χ2n) is 2.52. The summed E-state index contributed by atoms with van der Waals surface area (Å²) in [7, 11) is 0. The first kappa shape index (κ1) is 9.95. The van der Waals surface area contributed by atoms with Gasteiger partial charge in [0.1, 0.15) is 0 Å². The summed E-state index contributed by atoms with van der Waals surface area (Å²) in [5, 5.41) is 3.82. The zero-order valence-corrected chi connectivity index (χ0v) is 9.96. The van der Waals surface area contributed by atoms with Gasteiger partial charge >= 0.3 is 0 Å². The quantitative estimate of drug-likeness (QED) is 0.809. The molecule has 0 unspecified atom stereocenters. The van der Waals surface area contributed by atoms with E-state index < -0.39 is 0 Å². The average Bonchev–Trinajstić information content (AvgIpc) is 2.61. The summed E-state index contributed by atoms with van der Waals surface area (Å²) in [6, 6.07) is 1.90. The number of rotatable bonds is 1. The van der Waals surface area contributed by atoms with Gasteiger partial charge in [0, 0.05) is 14.7 Å². The van der Waals surface area contributed by atoms with Crippen LogP contribution in [-0.4, -0.2) is 11.1 Å². The van der Waals surface area contributed by atoms with Crippen molar-refractivity contribution in [3.05, 3.63) is 25.7 Å². The smallest absolute Gasteiger partial charge is 0.282 e. The summed E-state index contributed by atoms with van der Waals surface area (Å²) in [4.78, 5) is 23.4. The largest absolute Gasteiger partial charge is 0.290 e. The second-order valence-corrected chi connectivity index (χ2v) is 5.39.